The molecule has 0 N–H and O–H groups in total. The fourth-order valence-corrected chi connectivity index (χ4v) is 6.08. The molecule has 2 aromatic carbocycles. The number of nitriles is 1. The Kier molecular flexibility index (Phi) is 8.13. The van der Waals surface area contributed by atoms with Gasteiger partial charge in [0.25, 0.3) is 11.8 Å². The largest absolute Gasteiger partial charge is 0.491 e. The molecule has 202 valence electrons. The Bertz CT molecular complexity index is 1330. The van der Waals surface area contributed by atoms with Crippen molar-refractivity contribution < 1.29 is 14.3 Å². The molecule has 0 aliphatic carbocycles. The van der Waals surface area contributed by atoms with E-state index in [1.165, 1.54) is 0 Å². The Morgan fingerprint density at radius 3 is 2.18 bits per heavy atom. The van der Waals surface area contributed by atoms with Gasteiger partial charge in [0.2, 0.25) is 0 Å². The van der Waals surface area contributed by atoms with Crippen molar-refractivity contribution in [2.75, 3.05) is 44.2 Å². The Hall–Kier alpha value is -3.90. The Morgan fingerprint density at radius 2 is 1.56 bits per heavy atom. The second-order valence-electron chi connectivity index (χ2n) is 10.3. The zero-order chi connectivity index (χ0) is 27.4. The van der Waals surface area contributed by atoms with Crippen LogP contribution in [0.5, 0.6) is 5.75 Å². The Balaban J connectivity index is 1.12. The van der Waals surface area contributed by atoms with Crippen LogP contribution in [0.4, 0.5) is 5.69 Å². The predicted molar refractivity (Wildman–Crippen MR) is 151 cm³/mol. The average molecular weight is 544 g/mol. The van der Waals surface area contributed by atoms with Crippen molar-refractivity contribution in [1.82, 2.24) is 14.8 Å². The van der Waals surface area contributed by atoms with Crippen LogP contribution in [0.15, 0.2) is 53.9 Å². The van der Waals surface area contributed by atoms with Crippen molar-refractivity contribution in [1.29, 1.82) is 5.26 Å². The van der Waals surface area contributed by atoms with Gasteiger partial charge in [-0.25, -0.2) is 4.98 Å². The smallest absolute Gasteiger partial charge is 0.273 e. The number of anilines is 1. The molecule has 0 unspecified atom stereocenters. The van der Waals surface area contributed by atoms with Crippen molar-refractivity contribution >= 4 is 28.8 Å². The summed E-state index contributed by atoms with van der Waals surface area (Å²) in [6, 6.07) is 17.1. The van der Waals surface area contributed by atoms with Gasteiger partial charge in [-0.15, -0.1) is 11.3 Å². The standard InChI is InChI=1S/C30H33N5O3S/c1-21(2)38-26-9-5-24(6-10-26)29(36)34-13-11-23(12-14-34)28-32-27(20-39-28)30(37)35-17-15-33(16-18-35)25-7-3-22(19-31)4-8-25/h3-10,20-21,23H,11-18H2,1-2H3. The van der Waals surface area contributed by atoms with Gasteiger partial charge in [-0.05, 0) is 75.2 Å². The summed E-state index contributed by atoms with van der Waals surface area (Å²) in [5, 5.41) is 11.9. The minimum absolute atomic E-state index is 0.0190. The van der Waals surface area contributed by atoms with Crippen LogP contribution in [-0.2, 0) is 0 Å². The first-order valence-corrected chi connectivity index (χ1v) is 14.3. The van der Waals surface area contributed by atoms with Gasteiger partial charge in [0.1, 0.15) is 11.4 Å². The van der Waals surface area contributed by atoms with Gasteiger partial charge in [0.05, 0.1) is 22.7 Å². The zero-order valence-electron chi connectivity index (χ0n) is 22.4. The van der Waals surface area contributed by atoms with E-state index in [1.54, 1.807) is 11.3 Å². The molecular formula is C30H33N5O3S. The maximum atomic E-state index is 13.2. The summed E-state index contributed by atoms with van der Waals surface area (Å²) < 4.78 is 5.68. The number of benzene rings is 2. The first-order chi connectivity index (χ1) is 18.9. The molecule has 0 atom stereocenters. The van der Waals surface area contributed by atoms with Crippen molar-refractivity contribution in [3.8, 4) is 11.8 Å². The molecule has 2 fully saturated rings. The number of carbonyl (C=O) groups is 2. The van der Waals surface area contributed by atoms with Gasteiger partial charge >= 0.3 is 0 Å². The molecule has 1 aromatic heterocycles. The lowest BCUT2D eigenvalue weighted by molar-refractivity contribution is 0.0712. The number of amides is 2. The monoisotopic (exact) mass is 543 g/mol. The van der Waals surface area contributed by atoms with Crippen LogP contribution in [0.2, 0.25) is 0 Å². The second kappa shape index (κ2) is 11.9. The lowest BCUT2D eigenvalue weighted by Gasteiger charge is -2.35. The SMILES string of the molecule is CC(C)Oc1ccc(C(=O)N2CCC(c3nc(C(=O)N4CCN(c5ccc(C#N)cc5)CC4)cs3)CC2)cc1. The normalized spacial score (nSPS) is 16.3. The number of thiazole rings is 1. The van der Waals surface area contributed by atoms with E-state index in [9.17, 15) is 9.59 Å². The van der Waals surface area contributed by atoms with Gasteiger partial charge in [0, 0.05) is 61.8 Å². The molecule has 2 saturated heterocycles. The van der Waals surface area contributed by atoms with Crippen LogP contribution >= 0.6 is 11.3 Å². The van der Waals surface area contributed by atoms with Crippen molar-refractivity contribution in [2.45, 2.75) is 38.7 Å². The van der Waals surface area contributed by atoms with Crippen LogP contribution in [0, 0.1) is 11.3 Å². The first kappa shape index (κ1) is 26.7. The van der Waals surface area contributed by atoms with Gasteiger partial charge in [-0.1, -0.05) is 0 Å². The van der Waals surface area contributed by atoms with Crippen molar-refractivity contribution in [3.63, 3.8) is 0 Å². The van der Waals surface area contributed by atoms with Crippen LogP contribution in [0.3, 0.4) is 0 Å². The van der Waals surface area contributed by atoms with E-state index in [0.717, 1.165) is 42.4 Å². The second-order valence-corrected chi connectivity index (χ2v) is 11.2. The van der Waals surface area contributed by atoms with Crippen molar-refractivity contribution in [3.05, 3.63) is 75.7 Å². The summed E-state index contributed by atoms with van der Waals surface area (Å²) in [4.78, 5) is 36.9. The molecule has 2 amide bonds. The minimum atomic E-state index is -0.0190. The summed E-state index contributed by atoms with van der Waals surface area (Å²) in [5.41, 5.74) is 2.90. The van der Waals surface area contributed by atoms with E-state index >= 15 is 0 Å². The minimum Gasteiger partial charge on any atom is -0.491 e. The molecule has 0 radical (unpaired) electrons. The topological polar surface area (TPSA) is 89.8 Å². The third-order valence-corrected chi connectivity index (χ3v) is 8.28. The molecule has 3 heterocycles. The highest BCUT2D eigenvalue weighted by Crippen LogP contribution is 2.31. The molecule has 5 rings (SSSR count). The highest BCUT2D eigenvalue weighted by Gasteiger charge is 2.29. The summed E-state index contributed by atoms with van der Waals surface area (Å²) >= 11 is 1.55. The van der Waals surface area contributed by atoms with Crippen LogP contribution < -0.4 is 9.64 Å². The average Bonchev–Trinajstić information content (AvgIpc) is 3.47. The number of piperazine rings is 1. The van der Waals surface area contributed by atoms with Gasteiger partial charge in [-0.3, -0.25) is 9.59 Å². The third kappa shape index (κ3) is 6.23. The molecule has 2 aliphatic rings. The Labute approximate surface area is 233 Å². The molecule has 39 heavy (non-hydrogen) atoms. The Morgan fingerprint density at radius 1 is 0.923 bits per heavy atom. The van der Waals surface area contributed by atoms with E-state index in [2.05, 4.69) is 11.0 Å². The lowest BCUT2D eigenvalue weighted by atomic mass is 9.97. The number of hydrogen-bond donors (Lipinski definition) is 0. The molecule has 0 saturated carbocycles. The fraction of sp³-hybridized carbons (Fsp3) is 0.400. The number of carbonyl (C=O) groups excluding carboxylic acids is 2. The van der Waals surface area contributed by atoms with E-state index < -0.39 is 0 Å². The number of aromatic nitrogens is 1. The maximum absolute atomic E-state index is 13.2. The van der Waals surface area contributed by atoms with Gasteiger partial charge in [0.15, 0.2) is 0 Å². The molecule has 9 heteroatoms. The van der Waals surface area contributed by atoms with Crippen LogP contribution in [0.25, 0.3) is 0 Å². The van der Waals surface area contributed by atoms with Crippen LogP contribution in [0.1, 0.15) is 64.0 Å². The summed E-state index contributed by atoms with van der Waals surface area (Å²) in [6.07, 6.45) is 1.77. The molecule has 3 aromatic rings. The third-order valence-electron chi connectivity index (χ3n) is 7.27. The van der Waals surface area contributed by atoms with Crippen molar-refractivity contribution in [2.24, 2.45) is 0 Å². The fourth-order valence-electron chi connectivity index (χ4n) is 5.11. The van der Waals surface area contributed by atoms with Gasteiger partial charge in [-0.2, -0.15) is 5.26 Å². The zero-order valence-corrected chi connectivity index (χ0v) is 23.2. The molecular weight excluding hydrogens is 510 g/mol. The first-order valence-electron chi connectivity index (χ1n) is 13.5. The molecule has 0 bridgehead atoms. The number of hydrogen-bond acceptors (Lipinski definition) is 7. The molecule has 2 aliphatic heterocycles. The number of piperidine rings is 1. The van der Waals surface area contributed by atoms with E-state index in [-0.39, 0.29) is 23.8 Å². The van der Waals surface area contributed by atoms with Gasteiger partial charge < -0.3 is 19.4 Å². The number of likely N-dealkylation sites (tertiary alicyclic amines) is 1. The highest BCUT2D eigenvalue weighted by molar-refractivity contribution is 7.09. The summed E-state index contributed by atoms with van der Waals surface area (Å²) in [7, 11) is 0. The molecule has 8 nitrogen and oxygen atoms in total. The predicted octanol–water partition coefficient (Wildman–Crippen LogP) is 4.78. The van der Waals surface area contributed by atoms with E-state index in [4.69, 9.17) is 15.0 Å². The highest BCUT2D eigenvalue weighted by atomic mass is 32.1. The van der Waals surface area contributed by atoms with Crippen LogP contribution in [-0.4, -0.2) is 72.0 Å². The summed E-state index contributed by atoms with van der Waals surface area (Å²) in [6.45, 7) is 8.07. The lowest BCUT2D eigenvalue weighted by Crippen LogP contribution is -2.48. The number of nitrogens with zero attached hydrogens (tertiary/aromatic N) is 5. The van der Waals surface area contributed by atoms with E-state index in [1.807, 2.05) is 77.6 Å². The maximum Gasteiger partial charge on any atom is 0.273 e. The quantitative estimate of drug-likeness (QED) is 0.444. The number of ether oxygens (including phenoxy) is 1. The molecule has 0 spiro atoms. The van der Waals surface area contributed by atoms with E-state index in [0.29, 0.717) is 43.0 Å². The number of rotatable bonds is 6. The summed E-state index contributed by atoms with van der Waals surface area (Å²) in [5.74, 6) is 1.05.